The van der Waals surface area contributed by atoms with E-state index in [2.05, 4.69) is 14.9 Å². The first-order chi connectivity index (χ1) is 13.6. The van der Waals surface area contributed by atoms with Crippen LogP contribution in [0.4, 0.5) is 18.9 Å². The largest absolute Gasteiger partial charge is 0.416 e. The molecule has 0 saturated carbocycles. The smallest absolute Gasteiger partial charge is 0.364 e. The molecule has 0 amide bonds. The summed E-state index contributed by atoms with van der Waals surface area (Å²) in [6.07, 6.45) is -4.39. The van der Waals surface area contributed by atoms with Gasteiger partial charge in [-0.15, -0.1) is 24.8 Å². The molecule has 2 heterocycles. The fourth-order valence-electron chi connectivity index (χ4n) is 3.60. The third-order valence-electron chi connectivity index (χ3n) is 5.21. The minimum Gasteiger partial charge on any atom is -0.364 e. The minimum atomic E-state index is -4.39. The molecule has 0 atom stereocenters. The van der Waals surface area contributed by atoms with Crippen molar-refractivity contribution in [2.24, 2.45) is 5.92 Å². The summed E-state index contributed by atoms with van der Waals surface area (Å²) < 4.78 is 40.2. The average Bonchev–Trinajstić information content (AvgIpc) is 2.65. The van der Waals surface area contributed by atoms with Gasteiger partial charge in [0.2, 0.25) is 0 Å². The van der Waals surface area contributed by atoms with Gasteiger partial charge in [-0.2, -0.15) is 18.3 Å². The molecule has 1 aliphatic heterocycles. The van der Waals surface area contributed by atoms with Gasteiger partial charge in [0.15, 0.2) is 0 Å². The van der Waals surface area contributed by atoms with Crippen molar-refractivity contribution in [1.29, 1.82) is 0 Å². The number of halogens is 5. The van der Waals surface area contributed by atoms with E-state index in [1.807, 2.05) is 27.8 Å². The molecule has 10 heteroatoms. The predicted octanol–water partition coefficient (Wildman–Crippen LogP) is 4.49. The van der Waals surface area contributed by atoms with E-state index in [1.165, 1.54) is 16.8 Å². The van der Waals surface area contributed by atoms with E-state index in [1.54, 1.807) is 0 Å². The molecule has 0 bridgehead atoms. The Balaban J connectivity index is 0.00000240. The van der Waals surface area contributed by atoms with Crippen LogP contribution in [0.2, 0.25) is 0 Å². The zero-order valence-corrected chi connectivity index (χ0v) is 19.7. The molecule has 2 aromatic rings. The first-order valence-electron chi connectivity index (χ1n) is 9.80. The molecule has 174 valence electrons. The average molecular weight is 481 g/mol. The molecule has 3 rings (SSSR count). The van der Waals surface area contributed by atoms with E-state index < -0.39 is 11.7 Å². The van der Waals surface area contributed by atoms with E-state index in [9.17, 15) is 18.0 Å². The zero-order valence-electron chi connectivity index (χ0n) is 18.1. The van der Waals surface area contributed by atoms with Crippen LogP contribution in [0.25, 0.3) is 11.3 Å². The topological polar surface area (TPSA) is 41.4 Å². The normalized spacial score (nSPS) is 14.9. The van der Waals surface area contributed by atoms with Gasteiger partial charge in [0.05, 0.1) is 11.3 Å². The van der Waals surface area contributed by atoms with Crippen LogP contribution in [0.1, 0.15) is 25.0 Å². The van der Waals surface area contributed by atoms with Crippen LogP contribution >= 0.6 is 24.8 Å². The second-order valence-electron chi connectivity index (χ2n) is 8.07. The molecule has 1 aromatic carbocycles. The van der Waals surface area contributed by atoms with Crippen molar-refractivity contribution in [2.45, 2.75) is 33.5 Å². The van der Waals surface area contributed by atoms with Gasteiger partial charge in [0, 0.05) is 43.9 Å². The van der Waals surface area contributed by atoms with Crippen LogP contribution in [0.15, 0.2) is 29.1 Å². The van der Waals surface area contributed by atoms with Gasteiger partial charge < -0.3 is 9.80 Å². The molecule has 0 spiro atoms. The Kier molecular flexibility index (Phi) is 9.41. The van der Waals surface area contributed by atoms with Gasteiger partial charge in [0.1, 0.15) is 5.69 Å². The molecule has 1 fully saturated rings. The fraction of sp³-hybridized carbons (Fsp3) is 0.524. The number of aromatic nitrogens is 2. The maximum absolute atomic E-state index is 13.2. The van der Waals surface area contributed by atoms with E-state index in [4.69, 9.17) is 0 Å². The molecule has 1 aliphatic rings. The molecule has 0 unspecified atom stereocenters. The van der Waals surface area contributed by atoms with E-state index in [0.717, 1.165) is 38.3 Å². The third-order valence-corrected chi connectivity index (χ3v) is 5.21. The summed E-state index contributed by atoms with van der Waals surface area (Å²) >= 11 is 0. The van der Waals surface area contributed by atoms with Crippen LogP contribution in [-0.4, -0.2) is 47.9 Å². The van der Waals surface area contributed by atoms with Crippen molar-refractivity contribution >= 4 is 30.5 Å². The molecular formula is C21H29Cl2F3N4O. The molecule has 31 heavy (non-hydrogen) atoms. The Bertz CT molecular complexity index is 922. The molecule has 0 aliphatic carbocycles. The summed E-state index contributed by atoms with van der Waals surface area (Å²) in [5.41, 5.74) is 1.59. The lowest BCUT2D eigenvalue weighted by Crippen LogP contribution is -2.47. The Morgan fingerprint density at radius 3 is 2.06 bits per heavy atom. The van der Waals surface area contributed by atoms with Gasteiger partial charge >= 0.3 is 6.18 Å². The second-order valence-corrected chi connectivity index (χ2v) is 8.07. The number of benzene rings is 1. The second kappa shape index (κ2) is 10.7. The highest BCUT2D eigenvalue weighted by Crippen LogP contribution is 2.32. The summed E-state index contributed by atoms with van der Waals surface area (Å²) in [6.45, 7) is 9.43. The van der Waals surface area contributed by atoms with Crippen molar-refractivity contribution < 1.29 is 13.2 Å². The van der Waals surface area contributed by atoms with Crippen LogP contribution < -0.4 is 10.5 Å². The zero-order chi connectivity index (χ0) is 21.3. The number of anilines is 1. The van der Waals surface area contributed by atoms with Crippen LogP contribution in [0.5, 0.6) is 0 Å². The molecule has 0 N–H and O–H groups in total. The van der Waals surface area contributed by atoms with Crippen LogP contribution in [0.3, 0.4) is 0 Å². The Hall–Kier alpha value is -1.77. The van der Waals surface area contributed by atoms with Gasteiger partial charge in [-0.25, -0.2) is 4.68 Å². The van der Waals surface area contributed by atoms with Gasteiger partial charge in [-0.3, -0.25) is 4.79 Å². The molecule has 1 saturated heterocycles. The van der Waals surface area contributed by atoms with Crippen molar-refractivity contribution in [1.82, 2.24) is 14.7 Å². The minimum absolute atomic E-state index is 0. The monoisotopic (exact) mass is 480 g/mol. The maximum Gasteiger partial charge on any atom is 0.416 e. The predicted molar refractivity (Wildman–Crippen MR) is 123 cm³/mol. The maximum atomic E-state index is 13.2. The Labute approximate surface area is 193 Å². The number of alkyl halides is 3. The number of rotatable bonds is 4. The number of likely N-dealkylation sites (N-methyl/N-ethyl adjacent to an activating group) is 1. The first-order valence-corrected chi connectivity index (χ1v) is 9.80. The molecule has 1 aromatic heterocycles. The SMILES string of the molecule is Cc1c(-c2ccc(C(F)(F)F)cc2)nn(CC(C)C)c(=O)c1N1CCN(C)CC1.Cl.Cl. The number of hydrogen-bond acceptors (Lipinski definition) is 4. The van der Waals surface area contributed by atoms with Crippen molar-refractivity contribution in [2.75, 3.05) is 38.1 Å². The van der Waals surface area contributed by atoms with Gasteiger partial charge in [0.25, 0.3) is 5.56 Å². The van der Waals surface area contributed by atoms with E-state index in [0.29, 0.717) is 29.1 Å². The number of piperazine rings is 1. The highest BCUT2D eigenvalue weighted by molar-refractivity contribution is 5.85. The molecule has 5 nitrogen and oxygen atoms in total. The Morgan fingerprint density at radius 2 is 1.58 bits per heavy atom. The lowest BCUT2D eigenvalue weighted by molar-refractivity contribution is -0.137. The van der Waals surface area contributed by atoms with Gasteiger partial charge in [-0.1, -0.05) is 26.0 Å². The lowest BCUT2D eigenvalue weighted by Gasteiger charge is -2.34. The van der Waals surface area contributed by atoms with Crippen LogP contribution in [0, 0.1) is 12.8 Å². The summed E-state index contributed by atoms with van der Waals surface area (Å²) in [4.78, 5) is 17.4. The third kappa shape index (κ3) is 6.14. The van der Waals surface area contributed by atoms with E-state index in [-0.39, 0.29) is 36.3 Å². The van der Waals surface area contributed by atoms with E-state index >= 15 is 0 Å². The Morgan fingerprint density at radius 1 is 1.03 bits per heavy atom. The fourth-order valence-corrected chi connectivity index (χ4v) is 3.60. The van der Waals surface area contributed by atoms with Gasteiger partial charge in [-0.05, 0) is 32.0 Å². The summed E-state index contributed by atoms with van der Waals surface area (Å²) in [6, 6.07) is 4.97. The lowest BCUT2D eigenvalue weighted by atomic mass is 10.0. The highest BCUT2D eigenvalue weighted by atomic mass is 35.5. The van der Waals surface area contributed by atoms with Crippen molar-refractivity contribution in [3.63, 3.8) is 0 Å². The van der Waals surface area contributed by atoms with Crippen molar-refractivity contribution in [3.05, 3.63) is 45.7 Å². The number of nitrogens with zero attached hydrogens (tertiary/aromatic N) is 4. The van der Waals surface area contributed by atoms with Crippen LogP contribution in [-0.2, 0) is 12.7 Å². The van der Waals surface area contributed by atoms with Crippen molar-refractivity contribution in [3.8, 4) is 11.3 Å². The standard InChI is InChI=1S/C21H27F3N4O.2ClH/c1-14(2)13-28-20(29)19(27-11-9-26(4)10-12-27)15(3)18(25-28)16-5-7-17(8-6-16)21(22,23)24;;/h5-8,14H,9-13H2,1-4H3;2*1H. The quantitative estimate of drug-likeness (QED) is 0.646. The summed E-state index contributed by atoms with van der Waals surface area (Å²) in [7, 11) is 2.04. The first kappa shape index (κ1) is 27.3. The molecule has 0 radical (unpaired) electrons. The highest BCUT2D eigenvalue weighted by Gasteiger charge is 2.30. The molecular weight excluding hydrogens is 452 g/mol. The summed E-state index contributed by atoms with van der Waals surface area (Å²) in [5.74, 6) is 0.212. The summed E-state index contributed by atoms with van der Waals surface area (Å²) in [5, 5.41) is 4.53. The number of hydrogen-bond donors (Lipinski definition) is 0.